The molecule has 1 saturated heterocycles. The molecule has 0 aliphatic carbocycles. The molecule has 1 fully saturated rings. The van der Waals surface area contributed by atoms with Crippen molar-refractivity contribution >= 4 is 28.8 Å². The number of amides is 2. The van der Waals surface area contributed by atoms with E-state index in [4.69, 9.17) is 15.0 Å². The van der Waals surface area contributed by atoms with Crippen LogP contribution in [0.4, 0.5) is 15.0 Å². The average molecular weight is 436 g/mol. The predicted molar refractivity (Wildman–Crippen MR) is 114 cm³/mol. The third kappa shape index (κ3) is 5.84. The van der Waals surface area contributed by atoms with Crippen LogP contribution in [0.3, 0.4) is 0 Å². The number of carbonyl (C=O) groups excluding carboxylic acids is 2. The fraction of sp³-hybridized carbons (Fsp3) is 0.571. The highest BCUT2D eigenvalue weighted by molar-refractivity contribution is 5.89. The van der Waals surface area contributed by atoms with Crippen molar-refractivity contribution in [2.75, 3.05) is 31.5 Å². The first-order valence-electron chi connectivity index (χ1n) is 10.4. The van der Waals surface area contributed by atoms with Crippen LogP contribution >= 0.6 is 0 Å². The third-order valence-electron chi connectivity index (χ3n) is 5.04. The second-order valence-corrected chi connectivity index (χ2v) is 8.87. The number of nitrogens with zero attached hydrogens (tertiary/aromatic N) is 3. The number of halogens is 1. The zero-order valence-electron chi connectivity index (χ0n) is 18.4. The minimum Gasteiger partial charge on any atom is -0.444 e. The van der Waals surface area contributed by atoms with Crippen molar-refractivity contribution < 1.29 is 23.2 Å². The van der Waals surface area contributed by atoms with Crippen LogP contribution in [0.2, 0.25) is 0 Å². The van der Waals surface area contributed by atoms with E-state index in [1.165, 1.54) is 6.07 Å². The number of piperazine rings is 1. The summed E-state index contributed by atoms with van der Waals surface area (Å²) in [7, 11) is 0. The Kier molecular flexibility index (Phi) is 6.68. The lowest BCUT2D eigenvalue weighted by molar-refractivity contribution is -0.117. The largest absolute Gasteiger partial charge is 0.444 e. The van der Waals surface area contributed by atoms with Crippen LogP contribution in [0.5, 0.6) is 0 Å². The Hall–Kier alpha value is -2.88. The maximum Gasteiger partial charge on any atom is 0.410 e. The first-order valence-corrected chi connectivity index (χ1v) is 10.4. The topological polar surface area (TPSA) is 114 Å². The van der Waals surface area contributed by atoms with E-state index in [0.29, 0.717) is 55.1 Å². The van der Waals surface area contributed by atoms with Gasteiger partial charge >= 0.3 is 6.09 Å². The molecule has 2 aromatic rings. The van der Waals surface area contributed by atoms with Crippen LogP contribution in [-0.2, 0) is 16.1 Å². The number of hydrogen-bond donors (Lipinski definition) is 2. The molecule has 0 spiro atoms. The van der Waals surface area contributed by atoms with Gasteiger partial charge < -0.3 is 25.2 Å². The van der Waals surface area contributed by atoms with Crippen molar-refractivity contribution in [2.45, 2.75) is 52.3 Å². The van der Waals surface area contributed by atoms with Crippen molar-refractivity contribution in [3.63, 3.8) is 0 Å². The van der Waals surface area contributed by atoms with Crippen LogP contribution in [0.1, 0.15) is 39.7 Å². The van der Waals surface area contributed by atoms with Crippen LogP contribution in [0.25, 0.3) is 11.0 Å². The molecule has 1 aromatic carbocycles. The first-order chi connectivity index (χ1) is 14.5. The lowest BCUT2D eigenvalue weighted by Gasteiger charge is -2.40. The van der Waals surface area contributed by atoms with Gasteiger partial charge in [-0.1, -0.05) is 5.16 Å². The Labute approximate surface area is 180 Å². The van der Waals surface area contributed by atoms with E-state index in [0.717, 1.165) is 0 Å². The Morgan fingerprint density at radius 1 is 1.35 bits per heavy atom. The molecule has 2 heterocycles. The Morgan fingerprint density at radius 3 is 2.74 bits per heavy atom. The summed E-state index contributed by atoms with van der Waals surface area (Å²) in [5.74, 6) is -0.359. The zero-order chi connectivity index (χ0) is 22.8. The molecule has 3 N–H and O–H groups in total. The number of hydrogen-bond acceptors (Lipinski definition) is 7. The molecule has 1 aromatic heterocycles. The number of nitrogens with one attached hydrogen (secondary N) is 1. The van der Waals surface area contributed by atoms with Gasteiger partial charge in [0.15, 0.2) is 11.4 Å². The summed E-state index contributed by atoms with van der Waals surface area (Å²) >= 11 is 0. The SMILES string of the molecule is C[C@H]1CN(Cc2cc3c(NCCC(N)=O)noc3cc2F)CCN1C(=O)OC(C)(C)C. The lowest BCUT2D eigenvalue weighted by Crippen LogP contribution is -2.54. The number of primary amides is 1. The monoisotopic (exact) mass is 435 g/mol. The summed E-state index contributed by atoms with van der Waals surface area (Å²) in [6, 6.07) is 2.97. The number of benzene rings is 1. The number of aromatic nitrogens is 1. The number of rotatable bonds is 6. The molecule has 0 saturated carbocycles. The van der Waals surface area contributed by atoms with Gasteiger partial charge in [-0.2, -0.15) is 0 Å². The maximum absolute atomic E-state index is 14.6. The van der Waals surface area contributed by atoms with Crippen molar-refractivity contribution in [2.24, 2.45) is 5.73 Å². The van der Waals surface area contributed by atoms with E-state index < -0.39 is 11.5 Å². The Bertz CT molecular complexity index is 955. The molecule has 1 aliphatic rings. The summed E-state index contributed by atoms with van der Waals surface area (Å²) in [4.78, 5) is 27.1. The Morgan fingerprint density at radius 2 is 2.10 bits per heavy atom. The van der Waals surface area contributed by atoms with E-state index >= 15 is 0 Å². The molecule has 0 radical (unpaired) electrons. The highest BCUT2D eigenvalue weighted by Crippen LogP contribution is 2.27. The minimum absolute atomic E-state index is 0.0583. The molecular weight excluding hydrogens is 405 g/mol. The molecule has 3 rings (SSSR count). The van der Waals surface area contributed by atoms with Crippen LogP contribution in [-0.4, -0.2) is 64.8 Å². The van der Waals surface area contributed by atoms with Gasteiger partial charge in [-0.3, -0.25) is 9.69 Å². The van der Waals surface area contributed by atoms with Gasteiger partial charge in [-0.05, 0) is 33.8 Å². The fourth-order valence-electron chi connectivity index (χ4n) is 3.57. The number of carbonyl (C=O) groups is 2. The lowest BCUT2D eigenvalue weighted by atomic mass is 10.1. The van der Waals surface area contributed by atoms with Gasteiger partial charge in [0.1, 0.15) is 11.4 Å². The van der Waals surface area contributed by atoms with E-state index in [1.807, 2.05) is 27.7 Å². The Balaban J connectivity index is 1.67. The second kappa shape index (κ2) is 9.09. The standard InChI is InChI=1S/C21H30FN5O4/c1-13-11-26(7-8-27(13)20(29)30-21(2,3)4)12-14-9-15-17(10-16(14)22)31-25-19(15)24-6-5-18(23)28/h9-10,13H,5-8,11-12H2,1-4H3,(H2,23,28)(H,24,25)/t13-/m0/s1. The maximum atomic E-state index is 14.6. The van der Waals surface area contributed by atoms with Crippen LogP contribution < -0.4 is 11.1 Å². The number of ether oxygens (including phenoxy) is 1. The van der Waals surface area contributed by atoms with Gasteiger partial charge in [-0.15, -0.1) is 0 Å². The molecule has 170 valence electrons. The highest BCUT2D eigenvalue weighted by atomic mass is 19.1. The molecule has 9 nitrogen and oxygen atoms in total. The normalized spacial score (nSPS) is 17.7. The average Bonchev–Trinajstić information content (AvgIpc) is 3.02. The zero-order valence-corrected chi connectivity index (χ0v) is 18.4. The van der Waals surface area contributed by atoms with Crippen LogP contribution in [0.15, 0.2) is 16.7 Å². The number of nitrogens with two attached hydrogens (primary N) is 1. The third-order valence-corrected chi connectivity index (χ3v) is 5.04. The summed E-state index contributed by atoms with van der Waals surface area (Å²) in [6.45, 7) is 9.89. The van der Waals surface area contributed by atoms with Gasteiger partial charge in [-0.25, -0.2) is 9.18 Å². The van der Waals surface area contributed by atoms with Gasteiger partial charge in [0, 0.05) is 56.8 Å². The molecular formula is C21H30FN5O4. The first kappa shape index (κ1) is 22.8. The fourth-order valence-corrected chi connectivity index (χ4v) is 3.57. The van der Waals surface area contributed by atoms with Gasteiger partial charge in [0.25, 0.3) is 0 Å². The van der Waals surface area contributed by atoms with Crippen molar-refractivity contribution in [3.8, 4) is 0 Å². The molecule has 0 unspecified atom stereocenters. The van der Waals surface area contributed by atoms with Crippen LogP contribution in [0, 0.1) is 5.82 Å². The van der Waals surface area contributed by atoms with Gasteiger partial charge in [0.05, 0.1) is 5.39 Å². The molecule has 0 bridgehead atoms. The predicted octanol–water partition coefficient (Wildman–Crippen LogP) is 2.70. The summed E-state index contributed by atoms with van der Waals surface area (Å²) in [5.41, 5.74) is 5.44. The van der Waals surface area contributed by atoms with E-state index in [-0.39, 0.29) is 24.4 Å². The smallest absolute Gasteiger partial charge is 0.410 e. The summed E-state index contributed by atoms with van der Waals surface area (Å²) < 4.78 is 25.3. The second-order valence-electron chi connectivity index (χ2n) is 8.87. The number of fused-ring (bicyclic) bond motifs is 1. The molecule has 1 aliphatic heterocycles. The number of anilines is 1. The van der Waals surface area contributed by atoms with Crippen molar-refractivity contribution in [1.82, 2.24) is 15.0 Å². The van der Waals surface area contributed by atoms with Gasteiger partial charge in [0.2, 0.25) is 5.91 Å². The summed E-state index contributed by atoms with van der Waals surface area (Å²) in [6.07, 6.45) is -0.175. The molecule has 1 atom stereocenters. The van der Waals surface area contributed by atoms with Crippen molar-refractivity contribution in [3.05, 3.63) is 23.5 Å². The van der Waals surface area contributed by atoms with E-state index in [1.54, 1.807) is 11.0 Å². The minimum atomic E-state index is -0.547. The molecule has 10 heteroatoms. The molecule has 2 amide bonds. The van der Waals surface area contributed by atoms with Crippen molar-refractivity contribution in [1.29, 1.82) is 0 Å². The van der Waals surface area contributed by atoms with E-state index in [9.17, 15) is 14.0 Å². The quantitative estimate of drug-likeness (QED) is 0.717. The molecule has 31 heavy (non-hydrogen) atoms. The highest BCUT2D eigenvalue weighted by Gasteiger charge is 2.31. The summed E-state index contributed by atoms with van der Waals surface area (Å²) in [5, 5.41) is 7.55. The van der Waals surface area contributed by atoms with E-state index in [2.05, 4.69) is 15.4 Å².